The van der Waals surface area contributed by atoms with Crippen molar-refractivity contribution in [3.05, 3.63) is 65.0 Å². The Bertz CT molecular complexity index is 1010. The maximum absolute atomic E-state index is 12.7. The van der Waals surface area contributed by atoms with Gasteiger partial charge >= 0.3 is 0 Å². The Kier molecular flexibility index (Phi) is 5.17. The van der Waals surface area contributed by atoms with Crippen LogP contribution in [-0.4, -0.2) is 23.9 Å². The molecule has 3 aromatic rings. The molecule has 1 atom stereocenters. The van der Waals surface area contributed by atoms with Crippen molar-refractivity contribution >= 4 is 16.9 Å². The van der Waals surface area contributed by atoms with Crippen LogP contribution in [0.15, 0.2) is 64.0 Å². The minimum atomic E-state index is -0.863. The summed E-state index contributed by atoms with van der Waals surface area (Å²) in [5, 5.41) is 9.76. The minimum Gasteiger partial charge on any atom is -0.508 e. The molecule has 0 saturated heterocycles. The van der Waals surface area contributed by atoms with E-state index < -0.39 is 6.29 Å². The van der Waals surface area contributed by atoms with Gasteiger partial charge in [-0.1, -0.05) is 12.1 Å². The molecule has 1 heterocycles. The van der Waals surface area contributed by atoms with E-state index in [-0.39, 0.29) is 11.2 Å². The number of carbonyl (C=O) groups excluding carboxylic acids is 1. The summed E-state index contributed by atoms with van der Waals surface area (Å²) in [7, 11) is 0. The standard InChI is InChI=1S/C20H16O6/c1-2-24-19(9-10-21)26-15-7-8-16-18(11-15)25-12-17(20(16)23)13-3-5-14(22)6-4-13/h3-9,11-12,19,22H,2H2,1H3. The van der Waals surface area contributed by atoms with E-state index in [9.17, 15) is 14.7 Å². The largest absolute Gasteiger partial charge is 0.508 e. The molecule has 0 spiro atoms. The summed E-state index contributed by atoms with van der Waals surface area (Å²) < 4.78 is 16.4. The van der Waals surface area contributed by atoms with Gasteiger partial charge in [0.15, 0.2) is 5.43 Å². The molecular formula is C20H16O6. The van der Waals surface area contributed by atoms with Gasteiger partial charge in [-0.25, -0.2) is 4.79 Å². The van der Waals surface area contributed by atoms with Crippen LogP contribution in [0.4, 0.5) is 0 Å². The highest BCUT2D eigenvalue weighted by atomic mass is 16.7. The Morgan fingerprint density at radius 3 is 2.69 bits per heavy atom. The molecule has 0 amide bonds. The minimum absolute atomic E-state index is 0.119. The molecule has 3 rings (SSSR count). The number of hydrogen-bond donors (Lipinski definition) is 1. The summed E-state index contributed by atoms with van der Waals surface area (Å²) in [5.41, 5.74) is 1.19. The van der Waals surface area contributed by atoms with E-state index >= 15 is 0 Å². The van der Waals surface area contributed by atoms with Gasteiger partial charge in [0.05, 0.1) is 17.0 Å². The molecule has 0 aliphatic rings. The van der Waals surface area contributed by atoms with Crippen LogP contribution in [0, 0.1) is 0 Å². The van der Waals surface area contributed by atoms with Gasteiger partial charge < -0.3 is 19.0 Å². The van der Waals surface area contributed by atoms with E-state index in [1.54, 1.807) is 43.2 Å². The summed E-state index contributed by atoms with van der Waals surface area (Å²) in [4.78, 5) is 23.2. The molecule has 132 valence electrons. The van der Waals surface area contributed by atoms with Crippen LogP contribution in [0.2, 0.25) is 0 Å². The number of fused-ring (bicyclic) bond motifs is 1. The van der Waals surface area contributed by atoms with Gasteiger partial charge in [0, 0.05) is 12.7 Å². The molecule has 6 heteroatoms. The van der Waals surface area contributed by atoms with Gasteiger partial charge in [0.25, 0.3) is 0 Å². The van der Waals surface area contributed by atoms with Crippen LogP contribution < -0.4 is 10.2 Å². The highest BCUT2D eigenvalue weighted by Crippen LogP contribution is 2.24. The first-order valence-electron chi connectivity index (χ1n) is 7.96. The smallest absolute Gasteiger partial charge is 0.230 e. The Morgan fingerprint density at radius 2 is 2.00 bits per heavy atom. The summed E-state index contributed by atoms with van der Waals surface area (Å²) in [5.74, 6) is 2.14. The quantitative estimate of drug-likeness (QED) is 0.541. The van der Waals surface area contributed by atoms with E-state index in [0.717, 1.165) is 6.08 Å². The van der Waals surface area contributed by atoms with E-state index in [4.69, 9.17) is 13.9 Å². The van der Waals surface area contributed by atoms with Crippen molar-refractivity contribution in [3.8, 4) is 22.6 Å². The van der Waals surface area contributed by atoms with Crippen molar-refractivity contribution < 1.29 is 23.8 Å². The van der Waals surface area contributed by atoms with E-state index in [0.29, 0.717) is 34.5 Å². The van der Waals surface area contributed by atoms with Crippen molar-refractivity contribution in [3.63, 3.8) is 0 Å². The average molecular weight is 352 g/mol. The van der Waals surface area contributed by atoms with Gasteiger partial charge in [-0.05, 0) is 36.8 Å². The topological polar surface area (TPSA) is 86.0 Å². The SMILES string of the molecule is CCOC(C=C=O)Oc1ccc2c(=O)c(-c3ccc(O)cc3)coc2c1. The summed E-state index contributed by atoms with van der Waals surface area (Å²) >= 11 is 0. The normalized spacial score (nSPS) is 11.7. The zero-order valence-corrected chi connectivity index (χ0v) is 14.0. The molecule has 0 aliphatic carbocycles. The van der Waals surface area contributed by atoms with Crippen molar-refractivity contribution in [2.45, 2.75) is 13.2 Å². The van der Waals surface area contributed by atoms with Crippen LogP contribution in [0.25, 0.3) is 22.1 Å². The first-order chi connectivity index (χ1) is 12.6. The Balaban J connectivity index is 1.97. The molecule has 26 heavy (non-hydrogen) atoms. The third-order valence-electron chi connectivity index (χ3n) is 3.71. The maximum atomic E-state index is 12.7. The zero-order chi connectivity index (χ0) is 18.5. The monoisotopic (exact) mass is 352 g/mol. The van der Waals surface area contributed by atoms with E-state index in [2.05, 4.69) is 0 Å². The van der Waals surface area contributed by atoms with Crippen molar-refractivity contribution in [2.75, 3.05) is 6.61 Å². The third kappa shape index (κ3) is 3.67. The molecular weight excluding hydrogens is 336 g/mol. The molecule has 0 aliphatic heterocycles. The predicted octanol–water partition coefficient (Wildman–Crippen LogP) is 3.29. The highest BCUT2D eigenvalue weighted by Gasteiger charge is 2.12. The lowest BCUT2D eigenvalue weighted by Crippen LogP contribution is -2.18. The van der Waals surface area contributed by atoms with Crippen molar-refractivity contribution in [1.82, 2.24) is 0 Å². The van der Waals surface area contributed by atoms with Crippen molar-refractivity contribution in [1.29, 1.82) is 0 Å². The first kappa shape index (κ1) is 17.5. The molecule has 2 aromatic carbocycles. The first-order valence-corrected chi connectivity index (χ1v) is 7.96. The molecule has 0 bridgehead atoms. The molecule has 0 radical (unpaired) electrons. The van der Waals surface area contributed by atoms with Crippen LogP contribution in [0.1, 0.15) is 6.92 Å². The average Bonchev–Trinajstić information content (AvgIpc) is 2.63. The Morgan fingerprint density at radius 1 is 1.23 bits per heavy atom. The number of phenols is 1. The van der Waals surface area contributed by atoms with Crippen LogP contribution in [0.5, 0.6) is 11.5 Å². The Hall–Kier alpha value is -3.34. The zero-order valence-electron chi connectivity index (χ0n) is 14.0. The lowest BCUT2D eigenvalue weighted by Gasteiger charge is -2.14. The van der Waals surface area contributed by atoms with Crippen LogP contribution in [-0.2, 0) is 9.53 Å². The maximum Gasteiger partial charge on any atom is 0.230 e. The number of rotatable bonds is 6. The second-order valence-electron chi connectivity index (χ2n) is 5.41. The fraction of sp³-hybridized carbons (Fsp3) is 0.150. The van der Waals surface area contributed by atoms with Gasteiger partial charge in [-0.15, -0.1) is 0 Å². The number of hydrogen-bond acceptors (Lipinski definition) is 6. The van der Waals surface area contributed by atoms with Gasteiger partial charge in [-0.2, -0.15) is 0 Å². The fourth-order valence-electron chi connectivity index (χ4n) is 2.49. The van der Waals surface area contributed by atoms with Gasteiger partial charge in [0.1, 0.15) is 29.3 Å². The summed E-state index contributed by atoms with van der Waals surface area (Å²) in [6.45, 7) is 2.14. The fourth-order valence-corrected chi connectivity index (χ4v) is 2.49. The molecule has 1 unspecified atom stereocenters. The van der Waals surface area contributed by atoms with Crippen LogP contribution >= 0.6 is 0 Å². The second-order valence-corrected chi connectivity index (χ2v) is 5.41. The van der Waals surface area contributed by atoms with E-state index in [1.807, 2.05) is 0 Å². The number of ether oxygens (including phenoxy) is 2. The predicted molar refractivity (Wildman–Crippen MR) is 95.9 cm³/mol. The van der Waals surface area contributed by atoms with Crippen LogP contribution in [0.3, 0.4) is 0 Å². The lowest BCUT2D eigenvalue weighted by molar-refractivity contribution is -0.0394. The summed E-state index contributed by atoms with van der Waals surface area (Å²) in [6.07, 6.45) is 1.63. The number of phenolic OH excluding ortho intramolecular Hbond substituents is 1. The molecule has 6 nitrogen and oxygen atoms in total. The Labute approximate surface area is 148 Å². The third-order valence-corrected chi connectivity index (χ3v) is 3.71. The van der Waals surface area contributed by atoms with Gasteiger partial charge in [-0.3, -0.25) is 4.79 Å². The van der Waals surface area contributed by atoms with Crippen molar-refractivity contribution in [2.24, 2.45) is 0 Å². The molecule has 1 N–H and O–H groups in total. The molecule has 0 saturated carbocycles. The highest BCUT2D eigenvalue weighted by molar-refractivity contribution is 5.82. The lowest BCUT2D eigenvalue weighted by atomic mass is 10.1. The van der Waals surface area contributed by atoms with Gasteiger partial charge in [0.2, 0.25) is 6.29 Å². The number of aromatic hydroxyl groups is 1. The summed E-state index contributed by atoms with van der Waals surface area (Å²) in [6, 6.07) is 11.0. The number of benzene rings is 2. The second kappa shape index (κ2) is 7.70. The molecule has 1 aromatic heterocycles. The molecule has 0 fully saturated rings. The van der Waals surface area contributed by atoms with E-state index in [1.165, 1.54) is 18.4 Å².